The van der Waals surface area contributed by atoms with Crippen LogP contribution in [0.4, 0.5) is 24.7 Å². The summed E-state index contributed by atoms with van der Waals surface area (Å²) in [5, 5.41) is 3.18. The lowest BCUT2D eigenvalue weighted by molar-refractivity contribution is -0.123. The lowest BCUT2D eigenvalue weighted by Gasteiger charge is -2.39. The number of hydrogen-bond donors (Lipinski definition) is 1. The molecule has 1 saturated carbocycles. The molecule has 1 aliphatic carbocycles. The highest BCUT2D eigenvalue weighted by Gasteiger charge is 2.51. The summed E-state index contributed by atoms with van der Waals surface area (Å²) in [5.74, 6) is -0.0910. The van der Waals surface area contributed by atoms with Crippen molar-refractivity contribution in [1.29, 1.82) is 0 Å². The Hall–Kier alpha value is -1.79. The number of ether oxygens (including phenoxy) is 1. The summed E-state index contributed by atoms with van der Waals surface area (Å²) < 4.78 is 48.2. The van der Waals surface area contributed by atoms with Crippen LogP contribution < -0.4 is 5.32 Å². The number of halogens is 4. The van der Waals surface area contributed by atoms with Crippen molar-refractivity contribution in [2.24, 2.45) is 5.92 Å². The first-order valence-electron chi connectivity index (χ1n) is 7.66. The molecule has 1 N–H and O–H groups in total. The third-order valence-corrected chi connectivity index (χ3v) is 4.65. The van der Waals surface area contributed by atoms with Crippen LogP contribution in [0.2, 0.25) is 5.02 Å². The van der Waals surface area contributed by atoms with Crippen molar-refractivity contribution in [2.45, 2.75) is 24.9 Å². The van der Waals surface area contributed by atoms with Crippen molar-refractivity contribution in [3.63, 3.8) is 0 Å². The third kappa shape index (κ3) is 2.45. The number of nitrogens with one attached hydrogen (secondary N) is 1. The molecule has 1 aromatic heterocycles. The number of nitrogens with zero attached hydrogens (tertiary/aromatic N) is 1. The molecule has 2 heterocycles. The molecule has 0 bridgehead atoms. The van der Waals surface area contributed by atoms with Gasteiger partial charge >= 0.3 is 0 Å². The molecule has 7 heteroatoms. The lowest BCUT2D eigenvalue weighted by Crippen LogP contribution is -2.43. The Labute approximate surface area is 141 Å². The molecular formula is C17H14ClF3N2O. The average Bonchev–Trinajstić information content (AvgIpc) is 3.36. The monoisotopic (exact) mass is 354 g/mol. The molecule has 24 heavy (non-hydrogen) atoms. The summed E-state index contributed by atoms with van der Waals surface area (Å²) in [6.07, 6.45) is 0.375. The van der Waals surface area contributed by atoms with E-state index in [-0.39, 0.29) is 34.5 Å². The highest BCUT2D eigenvalue weighted by molar-refractivity contribution is 6.30. The number of alkyl halides is 2. The van der Waals surface area contributed by atoms with Gasteiger partial charge in [-0.3, -0.25) is 0 Å². The van der Waals surface area contributed by atoms with Gasteiger partial charge in [-0.05, 0) is 43.0 Å². The number of benzene rings is 1. The number of fused-ring (bicyclic) bond motifs is 2. The minimum Gasteiger partial charge on any atom is -0.359 e. The van der Waals surface area contributed by atoms with Crippen LogP contribution in [0.25, 0.3) is 0 Å². The fourth-order valence-electron chi connectivity index (χ4n) is 3.01. The van der Waals surface area contributed by atoms with Gasteiger partial charge in [-0.25, -0.2) is 18.2 Å². The zero-order chi connectivity index (χ0) is 16.9. The van der Waals surface area contributed by atoms with Crippen molar-refractivity contribution in [1.82, 2.24) is 4.98 Å². The first-order chi connectivity index (χ1) is 11.5. The molecule has 0 radical (unpaired) electrons. The largest absolute Gasteiger partial charge is 0.359 e. The summed E-state index contributed by atoms with van der Waals surface area (Å²) in [4.78, 5) is 4.11. The number of hydrogen-bond acceptors (Lipinski definition) is 3. The maximum absolute atomic E-state index is 14.3. The molecule has 4 rings (SSSR count). The number of aromatic nitrogens is 1. The van der Waals surface area contributed by atoms with Gasteiger partial charge in [0.25, 0.3) is 6.43 Å². The zero-order valence-electron chi connectivity index (χ0n) is 12.5. The molecule has 2 aromatic rings. The van der Waals surface area contributed by atoms with E-state index in [0.717, 1.165) is 18.9 Å². The maximum atomic E-state index is 14.3. The number of rotatable bonds is 4. The number of pyridine rings is 1. The Balaban J connectivity index is 1.94. The third-order valence-electron chi connectivity index (χ3n) is 4.44. The molecule has 1 unspecified atom stereocenters. The van der Waals surface area contributed by atoms with Crippen LogP contribution in [0.1, 0.15) is 24.0 Å². The summed E-state index contributed by atoms with van der Waals surface area (Å²) in [6, 6.07) is 5.13. The molecule has 1 fully saturated rings. The first kappa shape index (κ1) is 15.7. The zero-order valence-corrected chi connectivity index (χ0v) is 13.3. The molecule has 0 spiro atoms. The van der Waals surface area contributed by atoms with Gasteiger partial charge in [-0.2, -0.15) is 0 Å². The van der Waals surface area contributed by atoms with E-state index in [1.807, 2.05) is 0 Å². The first-order valence-corrected chi connectivity index (χ1v) is 8.03. The van der Waals surface area contributed by atoms with Crippen molar-refractivity contribution in [3.05, 3.63) is 52.4 Å². The van der Waals surface area contributed by atoms with E-state index >= 15 is 0 Å². The van der Waals surface area contributed by atoms with E-state index in [2.05, 4.69) is 10.3 Å². The Morgan fingerprint density at radius 3 is 2.79 bits per heavy atom. The SMILES string of the molecule is Fc1ccc2c(c1)C(OCC1CC1)(C(F)F)c1cc(Cl)cnc1N2. The average molecular weight is 355 g/mol. The van der Waals surface area contributed by atoms with Gasteiger partial charge in [-0.15, -0.1) is 0 Å². The lowest BCUT2D eigenvalue weighted by atomic mass is 9.82. The van der Waals surface area contributed by atoms with Gasteiger partial charge in [0.1, 0.15) is 11.6 Å². The van der Waals surface area contributed by atoms with Crippen LogP contribution >= 0.6 is 11.6 Å². The van der Waals surface area contributed by atoms with Crippen molar-refractivity contribution in [2.75, 3.05) is 11.9 Å². The molecule has 1 atom stereocenters. The standard InChI is InChI=1S/C17H14ClF3N2O/c18-10-5-13-15(22-7-10)23-14-4-3-11(19)6-12(14)17(13,16(20)21)24-8-9-1-2-9/h3-7,9,16H,1-2,8H2,(H,22,23). The Morgan fingerprint density at radius 1 is 1.29 bits per heavy atom. The molecule has 1 aromatic carbocycles. The second-order valence-electron chi connectivity index (χ2n) is 6.16. The molecule has 0 amide bonds. The van der Waals surface area contributed by atoms with Gasteiger partial charge in [-0.1, -0.05) is 11.6 Å². The summed E-state index contributed by atoms with van der Waals surface area (Å²) >= 11 is 5.98. The Kier molecular flexibility index (Phi) is 3.69. The second-order valence-corrected chi connectivity index (χ2v) is 6.59. The minimum absolute atomic E-state index is 0.0646. The van der Waals surface area contributed by atoms with Gasteiger partial charge in [0.15, 0.2) is 5.60 Å². The molecule has 0 saturated heterocycles. The smallest absolute Gasteiger partial charge is 0.275 e. The maximum Gasteiger partial charge on any atom is 0.275 e. The Morgan fingerprint density at radius 2 is 2.08 bits per heavy atom. The highest BCUT2D eigenvalue weighted by Crippen LogP contribution is 2.50. The van der Waals surface area contributed by atoms with Crippen LogP contribution in [0.15, 0.2) is 30.5 Å². The molecule has 126 valence electrons. The predicted molar refractivity (Wildman–Crippen MR) is 84.4 cm³/mol. The fraction of sp³-hybridized carbons (Fsp3) is 0.353. The van der Waals surface area contributed by atoms with E-state index in [9.17, 15) is 13.2 Å². The summed E-state index contributed by atoms with van der Waals surface area (Å²) in [5.41, 5.74) is -1.54. The summed E-state index contributed by atoms with van der Waals surface area (Å²) in [6.45, 7) is 0.187. The molecular weight excluding hydrogens is 341 g/mol. The van der Waals surface area contributed by atoms with E-state index in [1.54, 1.807) is 0 Å². The molecule has 3 nitrogen and oxygen atoms in total. The van der Waals surface area contributed by atoms with Crippen molar-refractivity contribution in [3.8, 4) is 0 Å². The minimum atomic E-state index is -2.90. The Bertz CT molecular complexity index is 744. The van der Waals surface area contributed by atoms with Gasteiger partial charge in [0.2, 0.25) is 0 Å². The van der Waals surface area contributed by atoms with Gasteiger partial charge < -0.3 is 10.1 Å². The fourth-order valence-corrected chi connectivity index (χ4v) is 3.17. The van der Waals surface area contributed by atoms with Crippen LogP contribution in [0.5, 0.6) is 0 Å². The van der Waals surface area contributed by atoms with E-state index < -0.39 is 17.8 Å². The van der Waals surface area contributed by atoms with E-state index in [0.29, 0.717) is 5.69 Å². The predicted octanol–water partition coefficient (Wildman–Crippen LogP) is 4.87. The molecule has 2 aliphatic rings. The van der Waals surface area contributed by atoms with Crippen molar-refractivity contribution >= 4 is 23.1 Å². The summed E-state index contributed by atoms with van der Waals surface area (Å²) in [7, 11) is 0. The quantitative estimate of drug-likeness (QED) is 0.850. The van der Waals surface area contributed by atoms with Gasteiger partial charge in [0.05, 0.1) is 11.6 Å². The van der Waals surface area contributed by atoms with Crippen LogP contribution in [0.3, 0.4) is 0 Å². The molecule has 1 aliphatic heterocycles. The van der Waals surface area contributed by atoms with E-state index in [4.69, 9.17) is 16.3 Å². The topological polar surface area (TPSA) is 34.1 Å². The normalized spacial score (nSPS) is 22.0. The number of anilines is 2. The van der Waals surface area contributed by atoms with Crippen molar-refractivity contribution < 1.29 is 17.9 Å². The second kappa shape index (κ2) is 5.63. The van der Waals surface area contributed by atoms with E-state index in [1.165, 1.54) is 24.4 Å². The van der Waals surface area contributed by atoms with Gasteiger partial charge in [0, 0.05) is 23.0 Å². The highest BCUT2D eigenvalue weighted by atomic mass is 35.5. The van der Waals surface area contributed by atoms with Crippen LogP contribution in [-0.2, 0) is 10.3 Å². The van der Waals surface area contributed by atoms with Crippen LogP contribution in [0, 0.1) is 11.7 Å². The van der Waals surface area contributed by atoms with Crippen LogP contribution in [-0.4, -0.2) is 18.0 Å².